The van der Waals surface area contributed by atoms with Crippen LogP contribution in [0.2, 0.25) is 0 Å². The van der Waals surface area contributed by atoms with Crippen molar-refractivity contribution in [2.24, 2.45) is 0 Å². The molecule has 0 aliphatic rings. The van der Waals surface area contributed by atoms with Crippen molar-refractivity contribution < 1.29 is 19.0 Å². The van der Waals surface area contributed by atoms with E-state index in [4.69, 9.17) is 4.74 Å². The van der Waals surface area contributed by atoms with E-state index in [1.807, 2.05) is 54.6 Å². The maximum absolute atomic E-state index is 15.2. The van der Waals surface area contributed by atoms with Gasteiger partial charge in [0.2, 0.25) is 0 Å². The number of ether oxygens (including phenoxy) is 1. The lowest BCUT2D eigenvalue weighted by atomic mass is 9.93. The number of aliphatic hydroxyl groups is 1. The second-order valence-corrected chi connectivity index (χ2v) is 8.14. The lowest BCUT2D eigenvalue weighted by Crippen LogP contribution is -2.06. The number of halogens is 1. The number of esters is 1. The van der Waals surface area contributed by atoms with Gasteiger partial charge in [-0.25, -0.2) is 9.18 Å². The predicted octanol–water partition coefficient (Wildman–Crippen LogP) is 6.94. The highest BCUT2D eigenvalue weighted by Gasteiger charge is 2.14. The Hall–Kier alpha value is -4.02. The van der Waals surface area contributed by atoms with E-state index in [2.05, 4.69) is 6.58 Å². The van der Waals surface area contributed by atoms with Crippen LogP contribution in [0.25, 0.3) is 33.4 Å². The van der Waals surface area contributed by atoms with Crippen molar-refractivity contribution in [3.63, 3.8) is 0 Å². The summed E-state index contributed by atoms with van der Waals surface area (Å²) in [5, 5.41) is 9.23. The van der Waals surface area contributed by atoms with Crippen molar-refractivity contribution in [1.82, 2.24) is 0 Å². The SMILES string of the molecule is C=C(C)C(=O)OCc1cc(-c2ccccc2)ccc1-c1ccc(-c2ccc(CO)cc2)c(F)c1. The van der Waals surface area contributed by atoms with Crippen molar-refractivity contribution in [2.75, 3.05) is 0 Å². The molecule has 0 aliphatic carbocycles. The van der Waals surface area contributed by atoms with Gasteiger partial charge >= 0.3 is 5.97 Å². The number of carbonyl (C=O) groups excluding carboxylic acids is 1. The molecule has 0 unspecified atom stereocenters. The fourth-order valence-electron chi connectivity index (χ4n) is 3.78. The highest BCUT2D eigenvalue weighted by molar-refractivity contribution is 5.87. The topological polar surface area (TPSA) is 46.5 Å². The average molecular weight is 453 g/mol. The lowest BCUT2D eigenvalue weighted by Gasteiger charge is -2.14. The first-order valence-corrected chi connectivity index (χ1v) is 11.0. The molecule has 0 aliphatic heterocycles. The minimum absolute atomic E-state index is 0.0493. The fraction of sp³-hybridized carbons (Fsp3) is 0.100. The third-order valence-corrected chi connectivity index (χ3v) is 5.65. The molecule has 34 heavy (non-hydrogen) atoms. The van der Waals surface area contributed by atoms with Crippen LogP contribution in [0.4, 0.5) is 4.39 Å². The molecular formula is C30H25FO3. The van der Waals surface area contributed by atoms with Crippen LogP contribution in [0.15, 0.2) is 103 Å². The highest BCUT2D eigenvalue weighted by atomic mass is 19.1. The fourth-order valence-corrected chi connectivity index (χ4v) is 3.78. The van der Waals surface area contributed by atoms with Crippen molar-refractivity contribution in [1.29, 1.82) is 0 Å². The number of carbonyl (C=O) groups is 1. The van der Waals surface area contributed by atoms with Gasteiger partial charge in [0, 0.05) is 11.1 Å². The van der Waals surface area contributed by atoms with Gasteiger partial charge in [-0.2, -0.15) is 0 Å². The predicted molar refractivity (Wildman–Crippen MR) is 133 cm³/mol. The van der Waals surface area contributed by atoms with Gasteiger partial charge in [-0.3, -0.25) is 0 Å². The minimum atomic E-state index is -0.469. The largest absolute Gasteiger partial charge is 0.457 e. The molecule has 3 nitrogen and oxygen atoms in total. The van der Waals surface area contributed by atoms with E-state index in [-0.39, 0.29) is 19.0 Å². The monoisotopic (exact) mass is 452 g/mol. The summed E-state index contributed by atoms with van der Waals surface area (Å²) in [6, 6.07) is 28.0. The quantitative estimate of drug-likeness (QED) is 0.244. The summed E-state index contributed by atoms with van der Waals surface area (Å²) in [5.41, 5.74) is 6.57. The first-order chi connectivity index (χ1) is 16.5. The molecule has 0 atom stereocenters. The molecule has 4 rings (SSSR count). The molecule has 1 N–H and O–H groups in total. The van der Waals surface area contributed by atoms with E-state index in [0.29, 0.717) is 16.7 Å². The second-order valence-electron chi connectivity index (χ2n) is 8.14. The molecule has 4 aromatic carbocycles. The third kappa shape index (κ3) is 5.13. The van der Waals surface area contributed by atoms with E-state index >= 15 is 4.39 Å². The van der Waals surface area contributed by atoms with Crippen LogP contribution in [-0.4, -0.2) is 11.1 Å². The Balaban J connectivity index is 1.72. The zero-order valence-electron chi connectivity index (χ0n) is 18.9. The van der Waals surface area contributed by atoms with E-state index in [1.54, 1.807) is 37.3 Å². The van der Waals surface area contributed by atoms with Crippen LogP contribution in [0.1, 0.15) is 18.1 Å². The molecule has 0 saturated carbocycles. The van der Waals surface area contributed by atoms with Crippen molar-refractivity contribution in [3.8, 4) is 33.4 Å². The van der Waals surface area contributed by atoms with Crippen molar-refractivity contribution in [3.05, 3.63) is 120 Å². The number of aliphatic hydroxyl groups excluding tert-OH is 1. The third-order valence-electron chi connectivity index (χ3n) is 5.65. The van der Waals surface area contributed by atoms with Crippen LogP contribution in [0.3, 0.4) is 0 Å². The van der Waals surface area contributed by atoms with Gasteiger partial charge in [-0.15, -0.1) is 0 Å². The molecule has 0 saturated heterocycles. The van der Waals surface area contributed by atoms with Gasteiger partial charge in [0.05, 0.1) is 6.61 Å². The first-order valence-electron chi connectivity index (χ1n) is 11.0. The standard InChI is InChI=1S/C30H25FO3/c1-20(2)30(33)34-19-26-16-24(22-6-4-3-5-7-22)12-14-27(26)25-13-15-28(29(31)17-25)23-10-8-21(18-32)9-11-23/h3-17,32H,1,18-19H2,2H3. The molecule has 0 fully saturated rings. The van der Waals surface area contributed by atoms with Crippen LogP contribution in [-0.2, 0) is 22.7 Å². The van der Waals surface area contributed by atoms with E-state index in [9.17, 15) is 9.90 Å². The Morgan fingerprint density at radius 3 is 2.12 bits per heavy atom. The second kappa shape index (κ2) is 10.3. The summed E-state index contributed by atoms with van der Waals surface area (Å²) >= 11 is 0. The minimum Gasteiger partial charge on any atom is -0.457 e. The Kier molecular flexibility index (Phi) is 7.00. The maximum atomic E-state index is 15.2. The summed E-state index contributed by atoms with van der Waals surface area (Å²) in [6.45, 7) is 5.23. The van der Waals surface area contributed by atoms with E-state index in [0.717, 1.165) is 33.4 Å². The number of hydrogen-bond donors (Lipinski definition) is 1. The molecule has 0 amide bonds. The van der Waals surface area contributed by atoms with E-state index < -0.39 is 5.97 Å². The maximum Gasteiger partial charge on any atom is 0.333 e. The summed E-state index contributed by atoms with van der Waals surface area (Å²) in [5.74, 6) is -0.824. The molecule has 4 heteroatoms. The Bertz CT molecular complexity index is 1330. The zero-order valence-corrected chi connectivity index (χ0v) is 18.9. The van der Waals surface area contributed by atoms with Gasteiger partial charge in [0.15, 0.2) is 0 Å². The van der Waals surface area contributed by atoms with Crippen LogP contribution in [0.5, 0.6) is 0 Å². The normalized spacial score (nSPS) is 10.7. The van der Waals surface area contributed by atoms with Gasteiger partial charge in [0.25, 0.3) is 0 Å². The number of hydrogen-bond acceptors (Lipinski definition) is 3. The number of rotatable bonds is 7. The molecule has 0 bridgehead atoms. The smallest absolute Gasteiger partial charge is 0.333 e. The van der Waals surface area contributed by atoms with Gasteiger partial charge in [0.1, 0.15) is 12.4 Å². The highest BCUT2D eigenvalue weighted by Crippen LogP contribution is 2.33. The van der Waals surface area contributed by atoms with Crippen LogP contribution >= 0.6 is 0 Å². The first kappa shape index (κ1) is 23.1. The zero-order chi connectivity index (χ0) is 24.1. The molecule has 4 aromatic rings. The molecule has 0 spiro atoms. The van der Waals surface area contributed by atoms with E-state index in [1.165, 1.54) is 6.07 Å². The Morgan fingerprint density at radius 1 is 0.824 bits per heavy atom. The Morgan fingerprint density at radius 2 is 1.47 bits per heavy atom. The molecule has 0 aromatic heterocycles. The van der Waals surface area contributed by atoms with Crippen LogP contribution in [0, 0.1) is 5.82 Å². The summed E-state index contributed by atoms with van der Waals surface area (Å²) in [7, 11) is 0. The molecule has 170 valence electrons. The molecular weight excluding hydrogens is 427 g/mol. The Labute approximate surface area is 198 Å². The average Bonchev–Trinajstić information content (AvgIpc) is 2.87. The summed E-state index contributed by atoms with van der Waals surface area (Å²) < 4.78 is 20.6. The van der Waals surface area contributed by atoms with Crippen molar-refractivity contribution in [2.45, 2.75) is 20.1 Å². The van der Waals surface area contributed by atoms with Crippen LogP contribution < -0.4 is 0 Å². The molecule has 0 heterocycles. The lowest BCUT2D eigenvalue weighted by molar-refractivity contribution is -0.140. The summed E-state index contributed by atoms with van der Waals surface area (Å²) in [6.07, 6.45) is 0. The van der Waals surface area contributed by atoms with Gasteiger partial charge < -0.3 is 9.84 Å². The summed E-state index contributed by atoms with van der Waals surface area (Å²) in [4.78, 5) is 12.0. The van der Waals surface area contributed by atoms with Crippen molar-refractivity contribution >= 4 is 5.97 Å². The van der Waals surface area contributed by atoms with Gasteiger partial charge in [-0.1, -0.05) is 85.4 Å². The molecule has 0 radical (unpaired) electrons. The number of benzene rings is 4. The van der Waals surface area contributed by atoms with Gasteiger partial charge in [-0.05, 0) is 58.0 Å².